The molecule has 3 saturated heterocycles. The molecule has 4 heterocycles. The summed E-state index contributed by atoms with van der Waals surface area (Å²) in [6.07, 6.45) is -0.885. The number of ether oxygens (including phenoxy) is 1. The van der Waals surface area contributed by atoms with Crippen molar-refractivity contribution in [1.29, 1.82) is 5.26 Å². The Hall–Kier alpha value is -3.27. The number of likely N-dealkylation sites (tertiary alicyclic amines) is 1. The minimum absolute atomic E-state index is 0.0150. The number of pyridine rings is 1. The number of rotatable bonds is 4. The van der Waals surface area contributed by atoms with E-state index in [-0.39, 0.29) is 30.5 Å². The predicted molar refractivity (Wildman–Crippen MR) is 112 cm³/mol. The lowest BCUT2D eigenvalue weighted by Gasteiger charge is -2.42. The minimum Gasteiger partial charge on any atom is -0.432 e. The number of carbonyl (C=O) groups is 3. The summed E-state index contributed by atoms with van der Waals surface area (Å²) in [5.74, 6) is -5.35. The molecule has 0 aromatic carbocycles. The molecule has 3 aliphatic heterocycles. The second-order valence-corrected chi connectivity index (χ2v) is 9.93. The first-order valence-electron chi connectivity index (χ1n) is 11.7. The van der Waals surface area contributed by atoms with Crippen LogP contribution < -0.4 is 5.73 Å². The van der Waals surface area contributed by atoms with Crippen LogP contribution in [0.15, 0.2) is 18.5 Å². The van der Waals surface area contributed by atoms with Crippen molar-refractivity contribution in [2.24, 2.45) is 17.6 Å². The Bertz CT molecular complexity index is 1140. The lowest BCUT2D eigenvalue weighted by molar-refractivity contribution is -0.217. The van der Waals surface area contributed by atoms with Gasteiger partial charge in [-0.3, -0.25) is 19.5 Å². The molecule has 192 valence electrons. The number of nitriles is 1. The van der Waals surface area contributed by atoms with Gasteiger partial charge in [0, 0.05) is 30.6 Å². The smallest absolute Gasteiger partial charge is 0.432 e. The Morgan fingerprint density at radius 3 is 2.47 bits per heavy atom. The molecular formula is C23H23F4N5O4. The van der Waals surface area contributed by atoms with Crippen molar-refractivity contribution in [2.45, 2.75) is 74.6 Å². The molecular weight excluding hydrogens is 486 g/mol. The molecule has 6 atom stereocenters. The summed E-state index contributed by atoms with van der Waals surface area (Å²) in [4.78, 5) is 44.2. The number of aromatic nitrogens is 1. The van der Waals surface area contributed by atoms with Crippen LogP contribution in [-0.2, 0) is 14.3 Å². The maximum Gasteiger partial charge on any atom is 0.491 e. The average Bonchev–Trinajstić information content (AvgIpc) is 3.32. The largest absolute Gasteiger partial charge is 0.491 e. The van der Waals surface area contributed by atoms with Gasteiger partial charge in [-0.2, -0.15) is 18.4 Å². The second kappa shape index (κ2) is 8.40. The number of hydrogen-bond acceptors (Lipinski definition) is 7. The van der Waals surface area contributed by atoms with Gasteiger partial charge in [0.2, 0.25) is 5.91 Å². The van der Waals surface area contributed by atoms with Crippen molar-refractivity contribution in [1.82, 2.24) is 14.8 Å². The van der Waals surface area contributed by atoms with Gasteiger partial charge in [-0.1, -0.05) is 0 Å². The predicted octanol–water partition coefficient (Wildman–Crippen LogP) is 1.88. The van der Waals surface area contributed by atoms with E-state index < -0.39 is 59.4 Å². The van der Waals surface area contributed by atoms with Crippen LogP contribution in [0.5, 0.6) is 0 Å². The zero-order valence-electron chi connectivity index (χ0n) is 18.9. The number of nitrogens with zero attached hydrogens (tertiary/aromatic N) is 4. The average molecular weight is 509 g/mol. The van der Waals surface area contributed by atoms with E-state index >= 15 is 0 Å². The third-order valence-electron chi connectivity index (χ3n) is 7.93. The van der Waals surface area contributed by atoms with E-state index in [9.17, 15) is 37.2 Å². The van der Waals surface area contributed by atoms with Crippen molar-refractivity contribution in [3.8, 4) is 6.07 Å². The van der Waals surface area contributed by atoms with Gasteiger partial charge in [0.15, 0.2) is 11.5 Å². The quantitative estimate of drug-likeness (QED) is 0.485. The Labute approximate surface area is 203 Å². The summed E-state index contributed by atoms with van der Waals surface area (Å²) >= 11 is 0. The summed E-state index contributed by atoms with van der Waals surface area (Å²) in [7, 11) is 0. The molecule has 2 N–H and O–H groups in total. The van der Waals surface area contributed by atoms with Gasteiger partial charge < -0.3 is 15.4 Å². The normalized spacial score (nSPS) is 33.5. The first-order chi connectivity index (χ1) is 17.0. The van der Waals surface area contributed by atoms with E-state index in [2.05, 4.69) is 4.98 Å². The Balaban J connectivity index is 1.32. The summed E-state index contributed by atoms with van der Waals surface area (Å²) in [6, 6.07) is 0.414. The molecule has 4 aliphatic rings. The molecule has 1 aliphatic carbocycles. The van der Waals surface area contributed by atoms with E-state index in [0.717, 1.165) is 11.1 Å². The van der Waals surface area contributed by atoms with Gasteiger partial charge >= 0.3 is 12.1 Å². The number of fused-ring (bicyclic) bond motifs is 3. The molecule has 2 unspecified atom stereocenters. The van der Waals surface area contributed by atoms with E-state index in [1.165, 1.54) is 12.3 Å². The lowest BCUT2D eigenvalue weighted by Crippen LogP contribution is -2.58. The molecule has 2 amide bonds. The summed E-state index contributed by atoms with van der Waals surface area (Å²) in [6.45, 7) is 0. The van der Waals surface area contributed by atoms with E-state index in [4.69, 9.17) is 10.5 Å². The topological polar surface area (TPSA) is 130 Å². The molecule has 1 aromatic heterocycles. The van der Waals surface area contributed by atoms with Gasteiger partial charge in [-0.05, 0) is 44.1 Å². The van der Waals surface area contributed by atoms with Gasteiger partial charge in [0.1, 0.15) is 6.04 Å². The van der Waals surface area contributed by atoms with Crippen LogP contribution >= 0.6 is 0 Å². The molecule has 9 nitrogen and oxygen atoms in total. The van der Waals surface area contributed by atoms with Crippen LogP contribution in [0.25, 0.3) is 0 Å². The first kappa shape index (κ1) is 24.4. The summed E-state index contributed by atoms with van der Waals surface area (Å²) < 4.78 is 57.5. The fourth-order valence-corrected chi connectivity index (χ4v) is 6.23. The maximum absolute atomic E-state index is 14.2. The van der Waals surface area contributed by atoms with Crippen molar-refractivity contribution >= 4 is 17.8 Å². The van der Waals surface area contributed by atoms with Crippen molar-refractivity contribution in [3.63, 3.8) is 0 Å². The minimum atomic E-state index is -5.24. The molecule has 1 saturated carbocycles. The highest BCUT2D eigenvalue weighted by Gasteiger charge is 2.72. The number of nitrogens with two attached hydrogens (primary N) is 1. The van der Waals surface area contributed by atoms with Crippen LogP contribution in [0.4, 0.5) is 17.6 Å². The van der Waals surface area contributed by atoms with Gasteiger partial charge in [-0.25, -0.2) is 9.18 Å². The first-order valence-corrected chi connectivity index (χ1v) is 11.7. The zero-order chi connectivity index (χ0) is 26.0. The molecule has 5 rings (SSSR count). The van der Waals surface area contributed by atoms with Crippen LogP contribution in [0, 0.1) is 29.0 Å². The number of carbonyl (C=O) groups excluding carboxylic acids is 3. The molecule has 2 bridgehead atoms. The number of amides is 2. The SMILES string of the molecule is N#C[C@@H]1C[C@@H]2C[C@@]2(OC(=O)C(F)(F)F)N1C(=O)[C@@H](N)C1CC2CCC(C1)N2C(=O)c1ccncc1F. The number of halogens is 4. The zero-order valence-corrected chi connectivity index (χ0v) is 18.9. The molecule has 1 aromatic rings. The Kier molecular flexibility index (Phi) is 5.70. The number of alkyl halides is 3. The third kappa shape index (κ3) is 3.78. The van der Waals surface area contributed by atoms with Crippen LogP contribution in [0.3, 0.4) is 0 Å². The summed E-state index contributed by atoms with van der Waals surface area (Å²) in [5.41, 5.74) is 4.42. The molecule has 13 heteroatoms. The standard InChI is InChI=1S/C23H23F4N5O4/c24-17-10-30-4-3-16(17)19(33)31-13-1-2-14(31)6-11(5-13)18(29)20(34)32-15(9-28)7-12-8-22(12,32)36-21(35)23(25,26)27/h3-4,10-15,18H,1-2,5-8,29H2/t11?,12-,13?,14?,15+,18+,22+/m1/s1. The van der Waals surface area contributed by atoms with Gasteiger partial charge in [-0.15, -0.1) is 0 Å². The number of hydrogen-bond donors (Lipinski definition) is 1. The highest BCUT2D eigenvalue weighted by molar-refractivity contribution is 5.95. The van der Waals surface area contributed by atoms with Crippen molar-refractivity contribution < 1.29 is 36.7 Å². The van der Waals surface area contributed by atoms with Crippen molar-refractivity contribution in [2.75, 3.05) is 0 Å². The second-order valence-electron chi connectivity index (χ2n) is 9.93. The maximum atomic E-state index is 14.2. The fraction of sp³-hybridized carbons (Fsp3) is 0.609. The highest BCUT2D eigenvalue weighted by atomic mass is 19.4. The van der Waals surface area contributed by atoms with E-state index in [1.54, 1.807) is 4.90 Å². The molecule has 36 heavy (non-hydrogen) atoms. The third-order valence-corrected chi connectivity index (χ3v) is 7.93. The number of esters is 1. The molecule has 0 radical (unpaired) electrons. The fourth-order valence-electron chi connectivity index (χ4n) is 6.23. The lowest BCUT2D eigenvalue weighted by atomic mass is 9.84. The van der Waals surface area contributed by atoms with E-state index in [0.29, 0.717) is 25.7 Å². The van der Waals surface area contributed by atoms with E-state index in [1.807, 2.05) is 6.07 Å². The van der Waals surface area contributed by atoms with Gasteiger partial charge in [0.25, 0.3) is 5.91 Å². The Morgan fingerprint density at radius 2 is 1.89 bits per heavy atom. The summed E-state index contributed by atoms with van der Waals surface area (Å²) in [5, 5.41) is 9.52. The highest BCUT2D eigenvalue weighted by Crippen LogP contribution is 2.59. The monoisotopic (exact) mass is 509 g/mol. The molecule has 4 fully saturated rings. The van der Waals surface area contributed by atoms with Crippen LogP contribution in [0.2, 0.25) is 0 Å². The van der Waals surface area contributed by atoms with Crippen LogP contribution in [-0.4, -0.2) is 68.6 Å². The Morgan fingerprint density at radius 1 is 1.22 bits per heavy atom. The van der Waals surface area contributed by atoms with Gasteiger partial charge in [0.05, 0.1) is 23.9 Å². The van der Waals surface area contributed by atoms with Crippen LogP contribution in [0.1, 0.15) is 48.9 Å². The molecule has 0 spiro atoms. The van der Waals surface area contributed by atoms with Crippen molar-refractivity contribution in [3.05, 3.63) is 29.8 Å². The number of piperidine rings is 2.